The van der Waals surface area contributed by atoms with Crippen molar-refractivity contribution in [1.29, 1.82) is 0 Å². The number of fused-ring (bicyclic) bond motifs is 1. The van der Waals surface area contributed by atoms with E-state index < -0.39 is 11.5 Å². The second-order valence-corrected chi connectivity index (χ2v) is 3.40. The van der Waals surface area contributed by atoms with Crippen LogP contribution in [-0.2, 0) is 0 Å². The van der Waals surface area contributed by atoms with Crippen molar-refractivity contribution in [2.24, 2.45) is 0 Å². The van der Waals surface area contributed by atoms with Gasteiger partial charge in [-0.1, -0.05) is 39.3 Å². The Balaban J connectivity index is 0.000000741. The number of rotatable bonds is 1. The molecular weight excluding hydrogens is 242 g/mol. The summed E-state index contributed by atoms with van der Waals surface area (Å²) in [5.41, 5.74) is 1.14. The van der Waals surface area contributed by atoms with E-state index in [0.29, 0.717) is 10.9 Å². The Bertz CT molecular complexity index is 600. The lowest BCUT2D eigenvalue weighted by Crippen LogP contribution is -2.10. The maximum absolute atomic E-state index is 11.2. The molecule has 1 heterocycles. The standard InChI is InChI=1S/C11H9NO3.2C2H6/c1-6-2-3-9-7(4-6)8(11(14)15)5-10(13)12-9;2*1-2/h2-5H,1H3,(H,12,13)(H,14,15);2*1-2H3. The summed E-state index contributed by atoms with van der Waals surface area (Å²) in [5.74, 6) is -1.09. The van der Waals surface area contributed by atoms with Gasteiger partial charge in [-0.25, -0.2) is 4.79 Å². The van der Waals surface area contributed by atoms with E-state index in [1.54, 1.807) is 12.1 Å². The molecule has 4 nitrogen and oxygen atoms in total. The number of carbonyl (C=O) groups is 1. The molecule has 1 aromatic carbocycles. The van der Waals surface area contributed by atoms with Crippen molar-refractivity contribution in [2.75, 3.05) is 0 Å². The number of nitrogens with one attached hydrogen (secondary N) is 1. The van der Waals surface area contributed by atoms with E-state index in [1.165, 1.54) is 0 Å². The number of hydrogen-bond donors (Lipinski definition) is 2. The molecule has 0 fully saturated rings. The van der Waals surface area contributed by atoms with Gasteiger partial charge in [-0.05, 0) is 19.1 Å². The number of aryl methyl sites for hydroxylation is 1. The molecular formula is C15H21NO3. The van der Waals surface area contributed by atoms with Gasteiger partial charge in [0.25, 0.3) is 0 Å². The molecule has 0 spiro atoms. The average molecular weight is 263 g/mol. The number of pyridine rings is 1. The number of aromatic amines is 1. The summed E-state index contributed by atoms with van der Waals surface area (Å²) in [5, 5.41) is 9.50. The summed E-state index contributed by atoms with van der Waals surface area (Å²) in [6, 6.07) is 6.38. The van der Waals surface area contributed by atoms with E-state index in [2.05, 4.69) is 4.98 Å². The lowest BCUT2D eigenvalue weighted by Gasteiger charge is -2.02. The maximum Gasteiger partial charge on any atom is 0.336 e. The molecule has 104 valence electrons. The second kappa shape index (κ2) is 8.08. The zero-order valence-electron chi connectivity index (χ0n) is 12.1. The topological polar surface area (TPSA) is 70.2 Å². The Labute approximate surface area is 113 Å². The summed E-state index contributed by atoms with van der Waals surface area (Å²) in [6.45, 7) is 9.87. The Morgan fingerprint density at radius 3 is 2.21 bits per heavy atom. The van der Waals surface area contributed by atoms with Crippen molar-refractivity contribution in [1.82, 2.24) is 4.98 Å². The lowest BCUT2D eigenvalue weighted by atomic mass is 10.1. The second-order valence-electron chi connectivity index (χ2n) is 3.40. The van der Waals surface area contributed by atoms with Gasteiger partial charge in [-0.15, -0.1) is 0 Å². The van der Waals surface area contributed by atoms with E-state index in [1.807, 2.05) is 40.7 Å². The third-order valence-corrected chi connectivity index (χ3v) is 2.23. The molecule has 0 aliphatic carbocycles. The molecule has 0 amide bonds. The van der Waals surface area contributed by atoms with Gasteiger partial charge in [0.1, 0.15) is 0 Å². The third kappa shape index (κ3) is 4.25. The van der Waals surface area contributed by atoms with Crippen LogP contribution in [0.25, 0.3) is 10.9 Å². The monoisotopic (exact) mass is 263 g/mol. The molecule has 0 bridgehead atoms. The highest BCUT2D eigenvalue weighted by atomic mass is 16.4. The lowest BCUT2D eigenvalue weighted by molar-refractivity contribution is 0.0699. The van der Waals surface area contributed by atoms with Crippen LogP contribution in [0.3, 0.4) is 0 Å². The van der Waals surface area contributed by atoms with Gasteiger partial charge in [-0.2, -0.15) is 0 Å². The number of aromatic carboxylic acids is 1. The fraction of sp³-hybridized carbons (Fsp3) is 0.333. The molecule has 0 atom stereocenters. The van der Waals surface area contributed by atoms with E-state index in [-0.39, 0.29) is 5.56 Å². The largest absolute Gasteiger partial charge is 0.478 e. The summed E-state index contributed by atoms with van der Waals surface area (Å²) >= 11 is 0. The molecule has 2 aromatic rings. The van der Waals surface area contributed by atoms with Gasteiger partial charge >= 0.3 is 5.97 Å². The van der Waals surface area contributed by atoms with Gasteiger partial charge in [0.05, 0.1) is 5.56 Å². The summed E-state index contributed by atoms with van der Waals surface area (Å²) < 4.78 is 0. The summed E-state index contributed by atoms with van der Waals surface area (Å²) in [6.07, 6.45) is 0. The molecule has 19 heavy (non-hydrogen) atoms. The first-order valence-electron chi connectivity index (χ1n) is 6.45. The van der Waals surface area contributed by atoms with Gasteiger partial charge in [-0.3, -0.25) is 4.79 Å². The zero-order valence-corrected chi connectivity index (χ0v) is 12.1. The number of hydrogen-bond acceptors (Lipinski definition) is 2. The molecule has 0 saturated heterocycles. The molecule has 0 unspecified atom stereocenters. The highest BCUT2D eigenvalue weighted by Crippen LogP contribution is 2.16. The van der Waals surface area contributed by atoms with E-state index in [9.17, 15) is 9.59 Å². The Hall–Kier alpha value is -2.10. The number of carboxylic acids is 1. The van der Waals surface area contributed by atoms with Crippen molar-refractivity contribution < 1.29 is 9.90 Å². The predicted octanol–water partition coefficient (Wildman–Crippen LogP) is 3.59. The van der Waals surface area contributed by atoms with Gasteiger partial charge in [0, 0.05) is 17.0 Å². The highest BCUT2D eigenvalue weighted by Gasteiger charge is 2.09. The van der Waals surface area contributed by atoms with Crippen molar-refractivity contribution in [3.05, 3.63) is 45.7 Å². The Kier molecular flexibility index (Phi) is 7.19. The number of H-pyrrole nitrogens is 1. The van der Waals surface area contributed by atoms with Crippen molar-refractivity contribution in [2.45, 2.75) is 34.6 Å². The van der Waals surface area contributed by atoms with Crippen molar-refractivity contribution in [3.8, 4) is 0 Å². The van der Waals surface area contributed by atoms with Crippen LogP contribution >= 0.6 is 0 Å². The third-order valence-electron chi connectivity index (χ3n) is 2.23. The van der Waals surface area contributed by atoms with E-state index in [4.69, 9.17) is 5.11 Å². The fourth-order valence-corrected chi connectivity index (χ4v) is 1.54. The number of aromatic nitrogens is 1. The Morgan fingerprint density at radius 1 is 1.11 bits per heavy atom. The van der Waals surface area contributed by atoms with Gasteiger partial charge in [0.2, 0.25) is 5.56 Å². The maximum atomic E-state index is 11.2. The van der Waals surface area contributed by atoms with E-state index >= 15 is 0 Å². The van der Waals surface area contributed by atoms with Crippen molar-refractivity contribution in [3.63, 3.8) is 0 Å². The van der Waals surface area contributed by atoms with Crippen LogP contribution in [0.5, 0.6) is 0 Å². The first-order valence-corrected chi connectivity index (χ1v) is 6.45. The molecule has 0 saturated carbocycles. The van der Waals surface area contributed by atoms with Crippen LogP contribution in [0.1, 0.15) is 43.6 Å². The number of carboxylic acid groups (broad SMARTS) is 1. The molecule has 2 rings (SSSR count). The van der Waals surface area contributed by atoms with Gasteiger partial charge < -0.3 is 10.1 Å². The average Bonchev–Trinajstić information content (AvgIpc) is 2.43. The zero-order chi connectivity index (χ0) is 15.0. The van der Waals surface area contributed by atoms with Crippen LogP contribution in [0, 0.1) is 6.92 Å². The smallest absolute Gasteiger partial charge is 0.336 e. The molecule has 0 radical (unpaired) electrons. The summed E-state index contributed by atoms with van der Waals surface area (Å²) in [4.78, 5) is 24.7. The molecule has 0 aliphatic rings. The highest BCUT2D eigenvalue weighted by molar-refractivity contribution is 6.02. The molecule has 4 heteroatoms. The molecule has 0 aliphatic heterocycles. The first-order chi connectivity index (χ1) is 9.08. The van der Waals surface area contributed by atoms with Gasteiger partial charge in [0.15, 0.2) is 0 Å². The fourth-order valence-electron chi connectivity index (χ4n) is 1.54. The van der Waals surface area contributed by atoms with Crippen LogP contribution in [-0.4, -0.2) is 16.1 Å². The quantitative estimate of drug-likeness (QED) is 0.826. The minimum Gasteiger partial charge on any atom is -0.478 e. The minimum absolute atomic E-state index is 0.0393. The predicted molar refractivity (Wildman–Crippen MR) is 79.0 cm³/mol. The molecule has 2 N–H and O–H groups in total. The van der Waals surface area contributed by atoms with E-state index in [0.717, 1.165) is 11.6 Å². The first kappa shape index (κ1) is 16.9. The number of benzene rings is 1. The van der Waals surface area contributed by atoms with Crippen LogP contribution in [0.4, 0.5) is 0 Å². The SMILES string of the molecule is CC.CC.Cc1ccc2[nH]c(=O)cc(C(=O)O)c2c1. The summed E-state index contributed by atoms with van der Waals surface area (Å²) in [7, 11) is 0. The normalized spacial score (nSPS) is 8.89. The Morgan fingerprint density at radius 2 is 1.68 bits per heavy atom. The minimum atomic E-state index is -1.09. The van der Waals surface area contributed by atoms with Crippen molar-refractivity contribution >= 4 is 16.9 Å². The molecule has 1 aromatic heterocycles. The van der Waals surface area contributed by atoms with Crippen LogP contribution in [0.15, 0.2) is 29.1 Å². The van der Waals surface area contributed by atoms with Crippen LogP contribution < -0.4 is 5.56 Å². The van der Waals surface area contributed by atoms with Crippen LogP contribution in [0.2, 0.25) is 0 Å².